The van der Waals surface area contributed by atoms with Crippen LogP contribution in [-0.4, -0.2) is 31.5 Å². The summed E-state index contributed by atoms with van der Waals surface area (Å²) in [4.78, 5) is 16.9. The van der Waals surface area contributed by atoms with Crippen molar-refractivity contribution in [3.63, 3.8) is 0 Å². The molecule has 3 nitrogen and oxygen atoms in total. The van der Waals surface area contributed by atoms with Crippen LogP contribution in [0.15, 0.2) is 47.5 Å². The second kappa shape index (κ2) is 13.0. The third-order valence-electron chi connectivity index (χ3n) is 6.74. The van der Waals surface area contributed by atoms with Crippen molar-refractivity contribution in [2.75, 3.05) is 6.61 Å². The average Bonchev–Trinajstić information content (AvgIpc) is 2.83. The van der Waals surface area contributed by atoms with Gasteiger partial charge in [-0.3, -0.25) is 9.79 Å². The zero-order chi connectivity index (χ0) is 24.5. The number of rotatable bonds is 11. The number of hydrogen-bond donors (Lipinski definition) is 0. The van der Waals surface area contributed by atoms with Gasteiger partial charge in [0.15, 0.2) is 0 Å². The fourth-order valence-corrected chi connectivity index (χ4v) is 5.05. The van der Waals surface area contributed by atoms with Crippen molar-refractivity contribution in [3.05, 3.63) is 58.9 Å². The lowest BCUT2D eigenvalue weighted by molar-refractivity contribution is -0.148. The number of alkyl halides is 1. The molecule has 0 amide bonds. The van der Waals surface area contributed by atoms with Gasteiger partial charge in [0.05, 0.1) is 18.6 Å². The first-order chi connectivity index (χ1) is 16.4. The number of nitrogens with zero attached hydrogens (tertiary/aromatic N) is 1. The highest BCUT2D eigenvalue weighted by Gasteiger charge is 2.27. The van der Waals surface area contributed by atoms with Gasteiger partial charge in [0, 0.05) is 10.6 Å². The minimum absolute atomic E-state index is 0.150. The summed E-state index contributed by atoms with van der Waals surface area (Å²) in [6.07, 6.45) is 5.14. The molecule has 0 saturated heterocycles. The van der Waals surface area contributed by atoms with Gasteiger partial charge in [-0.25, -0.2) is 8.78 Å². The average molecular weight is 490 g/mol. The lowest BCUT2D eigenvalue weighted by atomic mass is 9.82. The Morgan fingerprint density at radius 1 is 1.24 bits per heavy atom. The molecule has 0 heterocycles. The Kier molecular flexibility index (Phi) is 10.1. The van der Waals surface area contributed by atoms with Crippen molar-refractivity contribution >= 4 is 24.3 Å². The molecular formula is C28H34ClF2NO2. The summed E-state index contributed by atoms with van der Waals surface area (Å²) in [6.45, 7) is 5.88. The van der Waals surface area contributed by atoms with Gasteiger partial charge in [0.25, 0.3) is 0 Å². The summed E-state index contributed by atoms with van der Waals surface area (Å²) in [7, 11) is 0. The Morgan fingerprint density at radius 2 is 2.00 bits per heavy atom. The van der Waals surface area contributed by atoms with E-state index in [1.54, 1.807) is 13.0 Å². The maximum absolute atomic E-state index is 14.2. The van der Waals surface area contributed by atoms with Crippen molar-refractivity contribution in [2.24, 2.45) is 16.8 Å². The Balaban J connectivity index is 1.63. The number of aliphatic imine (C=N–C) groups is 1. The number of carbonyl (C=O) groups excluding carboxylic acids is 1. The van der Waals surface area contributed by atoms with E-state index in [4.69, 9.17) is 16.3 Å². The fourth-order valence-electron chi connectivity index (χ4n) is 4.88. The molecule has 0 aromatic heterocycles. The van der Waals surface area contributed by atoms with Crippen molar-refractivity contribution in [1.82, 2.24) is 0 Å². The standard InChI is InChI=1S/C28H34ClF2NO2/c1-3-34-28(33)22(12-9-19-5-4-6-24(30)15-19)17-25(32-2)16-20-7-10-21(11-8-20)26-18-23(29)13-14-27(26)31/h7-8,10-11,13-14,18-19,22,24-25H,2-6,9,12,15-17H2,1H3/t19?,22?,24?,25-/m1/s1. The molecule has 0 radical (unpaired) electrons. The SMILES string of the molecule is C=N[C@H](Cc1ccc(-c2cc(Cl)ccc2F)cc1)CC(CCC1CCCC(F)C1)C(=O)OCC. The molecule has 2 aromatic carbocycles. The summed E-state index contributed by atoms with van der Waals surface area (Å²) < 4.78 is 33.3. The maximum atomic E-state index is 14.2. The first-order valence-electron chi connectivity index (χ1n) is 12.2. The molecule has 3 rings (SSSR count). The molecule has 1 aliphatic carbocycles. The second-order valence-corrected chi connectivity index (χ2v) is 9.69. The minimum Gasteiger partial charge on any atom is -0.466 e. The monoisotopic (exact) mass is 489 g/mol. The smallest absolute Gasteiger partial charge is 0.308 e. The Bertz CT molecular complexity index is 950. The van der Waals surface area contributed by atoms with Gasteiger partial charge in [-0.15, -0.1) is 0 Å². The Labute approximate surface area is 206 Å². The highest BCUT2D eigenvalue weighted by molar-refractivity contribution is 6.30. The van der Waals surface area contributed by atoms with Crippen LogP contribution in [0.4, 0.5) is 8.78 Å². The molecule has 1 saturated carbocycles. The number of esters is 1. The molecule has 1 aliphatic rings. The van der Waals surface area contributed by atoms with E-state index >= 15 is 0 Å². The third-order valence-corrected chi connectivity index (χ3v) is 6.98. The lowest BCUT2D eigenvalue weighted by Gasteiger charge is -2.26. The van der Waals surface area contributed by atoms with Crippen molar-refractivity contribution in [2.45, 2.75) is 70.5 Å². The van der Waals surface area contributed by atoms with E-state index < -0.39 is 6.17 Å². The molecule has 2 aromatic rings. The fraction of sp³-hybridized carbons (Fsp3) is 0.500. The van der Waals surface area contributed by atoms with Crippen molar-refractivity contribution in [3.8, 4) is 11.1 Å². The van der Waals surface area contributed by atoms with E-state index in [0.717, 1.165) is 30.4 Å². The van der Waals surface area contributed by atoms with Crippen LogP contribution in [0.2, 0.25) is 5.02 Å². The van der Waals surface area contributed by atoms with Crippen LogP contribution in [0.1, 0.15) is 57.4 Å². The second-order valence-electron chi connectivity index (χ2n) is 9.25. The summed E-state index contributed by atoms with van der Waals surface area (Å²) in [5, 5.41) is 0.483. The predicted octanol–water partition coefficient (Wildman–Crippen LogP) is 7.64. The normalized spacial score (nSPS) is 19.9. The van der Waals surface area contributed by atoms with Crippen LogP contribution in [0, 0.1) is 17.7 Å². The summed E-state index contributed by atoms with van der Waals surface area (Å²) in [5.74, 6) is -0.488. The van der Waals surface area contributed by atoms with Crippen LogP contribution >= 0.6 is 11.6 Å². The summed E-state index contributed by atoms with van der Waals surface area (Å²) in [5.41, 5.74) is 2.23. The number of hydrogen-bond acceptors (Lipinski definition) is 3. The molecule has 0 spiro atoms. The molecule has 0 bridgehead atoms. The molecular weight excluding hydrogens is 456 g/mol. The first-order valence-corrected chi connectivity index (χ1v) is 12.6. The van der Waals surface area contributed by atoms with E-state index in [0.29, 0.717) is 55.2 Å². The zero-order valence-electron chi connectivity index (χ0n) is 19.8. The van der Waals surface area contributed by atoms with Crippen LogP contribution in [0.25, 0.3) is 11.1 Å². The number of ether oxygens (including phenoxy) is 1. The molecule has 3 unspecified atom stereocenters. The minimum atomic E-state index is -0.717. The maximum Gasteiger partial charge on any atom is 0.308 e. The summed E-state index contributed by atoms with van der Waals surface area (Å²) >= 11 is 6.02. The van der Waals surface area contributed by atoms with Gasteiger partial charge in [-0.2, -0.15) is 0 Å². The number of halogens is 3. The van der Waals surface area contributed by atoms with Gasteiger partial charge in [-0.1, -0.05) is 48.7 Å². The van der Waals surface area contributed by atoms with Crippen LogP contribution in [-0.2, 0) is 16.0 Å². The van der Waals surface area contributed by atoms with Crippen molar-refractivity contribution in [1.29, 1.82) is 0 Å². The zero-order valence-corrected chi connectivity index (χ0v) is 20.6. The quantitative estimate of drug-likeness (QED) is 0.240. The van der Waals surface area contributed by atoms with Crippen LogP contribution in [0.3, 0.4) is 0 Å². The van der Waals surface area contributed by atoms with Crippen molar-refractivity contribution < 1.29 is 18.3 Å². The van der Waals surface area contributed by atoms with Gasteiger partial charge >= 0.3 is 5.97 Å². The molecule has 6 heteroatoms. The molecule has 184 valence electrons. The predicted molar refractivity (Wildman–Crippen MR) is 135 cm³/mol. The Morgan fingerprint density at radius 3 is 2.68 bits per heavy atom. The molecule has 4 atom stereocenters. The molecule has 0 N–H and O–H groups in total. The molecule has 0 aliphatic heterocycles. The Hall–Kier alpha value is -2.27. The number of benzene rings is 2. The molecule has 1 fully saturated rings. The highest BCUT2D eigenvalue weighted by Crippen LogP contribution is 2.32. The topological polar surface area (TPSA) is 38.7 Å². The molecule has 34 heavy (non-hydrogen) atoms. The highest BCUT2D eigenvalue weighted by atomic mass is 35.5. The van der Waals surface area contributed by atoms with Gasteiger partial charge in [0.2, 0.25) is 0 Å². The lowest BCUT2D eigenvalue weighted by Crippen LogP contribution is -2.25. The van der Waals surface area contributed by atoms with E-state index in [1.165, 1.54) is 12.1 Å². The summed E-state index contributed by atoms with van der Waals surface area (Å²) in [6, 6.07) is 12.0. The van der Waals surface area contributed by atoms with E-state index in [-0.39, 0.29) is 23.7 Å². The van der Waals surface area contributed by atoms with E-state index in [2.05, 4.69) is 11.7 Å². The third kappa shape index (κ3) is 7.63. The van der Waals surface area contributed by atoms with Gasteiger partial charge in [0.1, 0.15) is 12.0 Å². The van der Waals surface area contributed by atoms with Crippen LogP contribution in [0.5, 0.6) is 0 Å². The van der Waals surface area contributed by atoms with Gasteiger partial charge < -0.3 is 4.74 Å². The van der Waals surface area contributed by atoms with Crippen LogP contribution < -0.4 is 0 Å². The number of carbonyl (C=O) groups is 1. The first kappa shape index (κ1) is 26.3. The van der Waals surface area contributed by atoms with Gasteiger partial charge in [-0.05, 0) is 87.4 Å². The van der Waals surface area contributed by atoms with E-state index in [1.807, 2.05) is 24.3 Å². The largest absolute Gasteiger partial charge is 0.466 e. The van der Waals surface area contributed by atoms with E-state index in [9.17, 15) is 13.6 Å².